The molecule has 0 unspecified atom stereocenters. The third-order valence-electron chi connectivity index (χ3n) is 5.43. The van der Waals surface area contributed by atoms with Crippen molar-refractivity contribution in [1.29, 1.82) is 0 Å². The molecule has 1 fully saturated rings. The van der Waals surface area contributed by atoms with Crippen LogP contribution in [0.1, 0.15) is 53.3 Å². The molecule has 2 rings (SSSR count). The van der Waals surface area contributed by atoms with Gasteiger partial charge in [-0.05, 0) is 27.7 Å². The zero-order valence-electron chi connectivity index (χ0n) is 23.3. The van der Waals surface area contributed by atoms with Crippen LogP contribution in [0.15, 0.2) is 15.8 Å². The van der Waals surface area contributed by atoms with Crippen molar-refractivity contribution < 1.29 is 42.2 Å². The van der Waals surface area contributed by atoms with E-state index < -0.39 is 72.7 Å². The Morgan fingerprint density at radius 1 is 1.32 bits per heavy atom. The van der Waals surface area contributed by atoms with Crippen LogP contribution in [-0.4, -0.2) is 74.2 Å². The van der Waals surface area contributed by atoms with Crippen molar-refractivity contribution in [3.8, 4) is 0 Å². The number of aromatic nitrogens is 2. The first-order valence-corrected chi connectivity index (χ1v) is 15.3. The number of rotatable bonds is 12. The lowest BCUT2D eigenvalue weighted by molar-refractivity contribution is -0.149. The molecule has 1 aliphatic heterocycles. The lowest BCUT2D eigenvalue weighted by Gasteiger charge is -2.25. The van der Waals surface area contributed by atoms with E-state index in [4.69, 9.17) is 30.1 Å². The Kier molecular flexibility index (Phi) is 11.8. The van der Waals surface area contributed by atoms with Gasteiger partial charge in [0.1, 0.15) is 18.2 Å². The van der Waals surface area contributed by atoms with Crippen molar-refractivity contribution in [3.05, 3.63) is 32.6 Å². The molecule has 0 amide bonds. The second-order valence-corrected chi connectivity index (χ2v) is 13.9. The number of carbonyl (C=O) groups is 2. The number of aromatic amines is 1. The standard InChI is InChI=1S/C23H36ClFN3O10PS/c1-12(2)37-18(31)14(4)27-39(34,35-8-9-40-20(32)22(5,6)7)36-11-15-16(29)23(24,25)19(38-15)28-10-13(3)17(30)26-21(28)33/h10,12,14-16,19,29H,8-9,11H2,1-7H3,(H,27,34)(H,26,30,33)/t14-,15+,16+,19+,23+,39+/m0/s1. The molecular weight excluding hydrogens is 596 g/mol. The van der Waals surface area contributed by atoms with Gasteiger partial charge in [0, 0.05) is 22.9 Å². The Balaban J connectivity index is 2.19. The number of thioether (sulfide) groups is 1. The average Bonchev–Trinajstić information content (AvgIpc) is 3.05. The van der Waals surface area contributed by atoms with Crippen molar-refractivity contribution >= 4 is 42.2 Å². The maximum atomic E-state index is 15.4. The highest BCUT2D eigenvalue weighted by atomic mass is 35.5. The molecule has 1 aliphatic rings. The minimum Gasteiger partial charge on any atom is -0.462 e. The van der Waals surface area contributed by atoms with Crippen LogP contribution in [0.4, 0.5) is 4.39 Å². The average molecular weight is 632 g/mol. The van der Waals surface area contributed by atoms with Crippen molar-refractivity contribution in [3.63, 3.8) is 0 Å². The van der Waals surface area contributed by atoms with Gasteiger partial charge in [0.2, 0.25) is 0 Å². The summed E-state index contributed by atoms with van der Waals surface area (Å²) in [4.78, 5) is 50.4. The molecule has 6 atom stereocenters. The Labute approximate surface area is 240 Å². The first-order chi connectivity index (χ1) is 18.3. The third-order valence-corrected chi connectivity index (χ3v) is 8.80. The summed E-state index contributed by atoms with van der Waals surface area (Å²) in [6.07, 6.45) is -4.95. The number of aliphatic hydroxyl groups excluding tert-OH is 1. The molecule has 228 valence electrons. The largest absolute Gasteiger partial charge is 0.462 e. The number of hydrogen-bond acceptors (Lipinski definition) is 11. The van der Waals surface area contributed by atoms with E-state index >= 15 is 4.39 Å². The van der Waals surface area contributed by atoms with E-state index in [1.54, 1.807) is 34.6 Å². The Morgan fingerprint density at radius 3 is 2.52 bits per heavy atom. The highest BCUT2D eigenvalue weighted by molar-refractivity contribution is 8.13. The lowest BCUT2D eigenvalue weighted by atomic mass is 10.00. The van der Waals surface area contributed by atoms with Gasteiger partial charge in [-0.2, -0.15) is 0 Å². The van der Waals surface area contributed by atoms with E-state index in [0.29, 0.717) is 4.57 Å². The molecular formula is C23H36ClFN3O10PS. The van der Waals surface area contributed by atoms with Crippen molar-refractivity contribution in [2.24, 2.45) is 5.41 Å². The van der Waals surface area contributed by atoms with Gasteiger partial charge >= 0.3 is 19.4 Å². The number of nitrogens with zero attached hydrogens (tertiary/aromatic N) is 1. The number of aliphatic hydroxyl groups is 1. The number of esters is 1. The van der Waals surface area contributed by atoms with Crippen LogP contribution < -0.4 is 16.3 Å². The van der Waals surface area contributed by atoms with Gasteiger partial charge in [0.25, 0.3) is 10.7 Å². The molecule has 1 aromatic heterocycles. The molecule has 40 heavy (non-hydrogen) atoms. The Hall–Kier alpha value is -1.58. The van der Waals surface area contributed by atoms with Crippen molar-refractivity contribution in [2.75, 3.05) is 19.0 Å². The second-order valence-electron chi connectivity index (χ2n) is 10.5. The van der Waals surface area contributed by atoms with Crippen LogP contribution in [-0.2, 0) is 32.7 Å². The van der Waals surface area contributed by atoms with Gasteiger partial charge in [0.15, 0.2) is 11.3 Å². The molecule has 17 heteroatoms. The highest BCUT2D eigenvalue weighted by Crippen LogP contribution is 2.48. The number of carbonyl (C=O) groups excluding carboxylic acids is 2. The molecule has 0 aromatic carbocycles. The van der Waals surface area contributed by atoms with Crippen molar-refractivity contribution in [2.45, 2.75) is 84.2 Å². The van der Waals surface area contributed by atoms with E-state index in [0.717, 1.165) is 18.0 Å². The number of hydrogen-bond donors (Lipinski definition) is 3. The normalized spacial score (nSPS) is 25.5. The zero-order valence-corrected chi connectivity index (χ0v) is 25.7. The van der Waals surface area contributed by atoms with Crippen LogP contribution in [0.5, 0.6) is 0 Å². The SMILES string of the molecule is Cc1cn([C@@H]2O[C@H](CO[P@@](=O)(N[C@@H](C)C(=O)OC(C)C)OCCSC(=O)C(C)(C)C)[C@@H](O)[C@]2(F)Cl)c(=O)[nH]c1=O. The predicted octanol–water partition coefficient (Wildman–Crippen LogP) is 2.38. The predicted molar refractivity (Wildman–Crippen MR) is 146 cm³/mol. The number of halogens is 2. The van der Waals surface area contributed by atoms with Gasteiger partial charge in [-0.3, -0.25) is 33.0 Å². The number of H-pyrrole nitrogens is 1. The smallest absolute Gasteiger partial charge is 0.406 e. The summed E-state index contributed by atoms with van der Waals surface area (Å²) in [5, 5.41) is 9.77. The summed E-state index contributed by atoms with van der Waals surface area (Å²) in [7, 11) is -4.36. The maximum absolute atomic E-state index is 15.4. The molecule has 13 nitrogen and oxygen atoms in total. The molecule has 0 aliphatic carbocycles. The van der Waals surface area contributed by atoms with Crippen LogP contribution in [0.25, 0.3) is 0 Å². The van der Waals surface area contributed by atoms with Crippen molar-refractivity contribution in [1.82, 2.24) is 14.6 Å². The van der Waals surface area contributed by atoms with Crippen LogP contribution >= 0.6 is 31.1 Å². The number of ether oxygens (including phenoxy) is 2. The summed E-state index contributed by atoms with van der Waals surface area (Å²) in [5.41, 5.74) is -2.29. The minimum atomic E-state index is -4.36. The van der Waals surface area contributed by atoms with Gasteiger partial charge in [0.05, 0.1) is 19.3 Å². The Bertz CT molecular complexity index is 1230. The zero-order chi connectivity index (χ0) is 30.6. The molecule has 0 spiro atoms. The molecule has 1 saturated heterocycles. The lowest BCUT2D eigenvalue weighted by Crippen LogP contribution is -2.42. The molecule has 0 radical (unpaired) electrons. The maximum Gasteiger partial charge on any atom is 0.406 e. The fraction of sp³-hybridized carbons (Fsp3) is 0.739. The number of aryl methyl sites for hydroxylation is 1. The van der Waals surface area contributed by atoms with Crippen LogP contribution in [0, 0.1) is 12.3 Å². The molecule has 3 N–H and O–H groups in total. The molecule has 0 saturated carbocycles. The number of alkyl halides is 2. The fourth-order valence-corrected chi connectivity index (χ4v) is 5.97. The van der Waals surface area contributed by atoms with Crippen LogP contribution in [0.2, 0.25) is 0 Å². The highest BCUT2D eigenvalue weighted by Gasteiger charge is 2.58. The Morgan fingerprint density at radius 2 is 1.95 bits per heavy atom. The summed E-state index contributed by atoms with van der Waals surface area (Å²) in [6.45, 7) is 10.2. The topological polar surface area (TPSA) is 175 Å². The van der Waals surface area contributed by atoms with E-state index in [1.165, 1.54) is 13.8 Å². The van der Waals surface area contributed by atoms with E-state index in [9.17, 15) is 28.8 Å². The van der Waals surface area contributed by atoms with E-state index in [1.807, 2.05) is 4.98 Å². The van der Waals surface area contributed by atoms with Crippen LogP contribution in [0.3, 0.4) is 0 Å². The van der Waals surface area contributed by atoms with E-state index in [2.05, 4.69) is 5.09 Å². The van der Waals surface area contributed by atoms with Gasteiger partial charge in [-0.25, -0.2) is 18.8 Å². The van der Waals surface area contributed by atoms with E-state index in [-0.39, 0.29) is 23.0 Å². The monoisotopic (exact) mass is 631 g/mol. The summed E-state index contributed by atoms with van der Waals surface area (Å²) < 4.78 is 51.0. The molecule has 1 aromatic rings. The third kappa shape index (κ3) is 8.96. The minimum absolute atomic E-state index is 0.0528. The van der Waals surface area contributed by atoms with Gasteiger partial charge in [-0.1, -0.05) is 44.1 Å². The summed E-state index contributed by atoms with van der Waals surface area (Å²) in [6, 6.07) is -1.17. The van der Waals surface area contributed by atoms with Gasteiger partial charge in [-0.15, -0.1) is 0 Å². The first-order valence-electron chi connectivity index (χ1n) is 12.4. The fourth-order valence-electron chi connectivity index (χ4n) is 3.28. The molecule has 0 bridgehead atoms. The number of nitrogens with one attached hydrogen (secondary N) is 2. The summed E-state index contributed by atoms with van der Waals surface area (Å²) in [5.74, 6) is -0.655. The first kappa shape index (κ1) is 34.6. The second kappa shape index (κ2) is 13.6. The molecule has 2 heterocycles. The summed E-state index contributed by atoms with van der Waals surface area (Å²) >= 11 is 6.86. The van der Waals surface area contributed by atoms with Gasteiger partial charge < -0.3 is 14.6 Å². The quantitative estimate of drug-likeness (QED) is 0.133.